The van der Waals surface area contributed by atoms with Crippen molar-refractivity contribution >= 4 is 0 Å². The van der Waals surface area contributed by atoms with Crippen LogP contribution in [0.1, 0.15) is 22.9 Å². The first-order chi connectivity index (χ1) is 8.92. The molecule has 1 unspecified atom stereocenters. The largest absolute Gasteiger partial charge is 0.371 e. The Hall–Kier alpha value is -1.65. The fourth-order valence-electron chi connectivity index (χ4n) is 2.23. The molecular formula is C14H17N3O. The molecule has 94 valence electrons. The van der Waals surface area contributed by atoms with Gasteiger partial charge in [-0.05, 0) is 17.2 Å². The lowest BCUT2D eigenvalue weighted by molar-refractivity contribution is 0.0277. The molecule has 4 heteroatoms. The molecular weight excluding hydrogens is 226 g/mol. The number of H-pyrrole nitrogens is 1. The van der Waals surface area contributed by atoms with Gasteiger partial charge in [-0.2, -0.15) is 5.10 Å². The SMILES string of the molecule is c1cc(Cc2ccc(C3CNCCO3)cc2)[nH]n1. The van der Waals surface area contributed by atoms with E-state index in [4.69, 9.17) is 4.74 Å². The molecule has 4 nitrogen and oxygen atoms in total. The van der Waals surface area contributed by atoms with Crippen LogP contribution in [0.5, 0.6) is 0 Å². The minimum absolute atomic E-state index is 0.194. The minimum Gasteiger partial charge on any atom is -0.371 e. The zero-order chi connectivity index (χ0) is 12.2. The molecule has 2 N–H and O–H groups in total. The molecule has 0 aliphatic carbocycles. The van der Waals surface area contributed by atoms with Crippen molar-refractivity contribution in [2.75, 3.05) is 19.7 Å². The highest BCUT2D eigenvalue weighted by molar-refractivity contribution is 5.27. The summed E-state index contributed by atoms with van der Waals surface area (Å²) in [5, 5.41) is 10.3. The van der Waals surface area contributed by atoms with E-state index < -0.39 is 0 Å². The molecule has 1 aromatic carbocycles. The monoisotopic (exact) mass is 243 g/mol. The van der Waals surface area contributed by atoms with Crippen LogP contribution in [0, 0.1) is 0 Å². The number of rotatable bonds is 3. The molecule has 3 rings (SSSR count). The standard InChI is InChI=1S/C14H17N3O/c1-3-12(14-10-15-7-8-18-14)4-2-11(1)9-13-5-6-16-17-13/h1-6,14-15H,7-10H2,(H,16,17). The summed E-state index contributed by atoms with van der Waals surface area (Å²) in [4.78, 5) is 0. The van der Waals surface area contributed by atoms with E-state index in [-0.39, 0.29) is 6.10 Å². The third-order valence-electron chi connectivity index (χ3n) is 3.23. The molecule has 0 spiro atoms. The first-order valence-electron chi connectivity index (χ1n) is 6.31. The highest BCUT2D eigenvalue weighted by atomic mass is 16.5. The Morgan fingerprint density at radius 2 is 2.11 bits per heavy atom. The van der Waals surface area contributed by atoms with Crippen molar-refractivity contribution in [1.29, 1.82) is 0 Å². The van der Waals surface area contributed by atoms with Crippen LogP contribution in [-0.4, -0.2) is 29.9 Å². The second kappa shape index (κ2) is 5.33. The van der Waals surface area contributed by atoms with Crippen LogP contribution in [0.3, 0.4) is 0 Å². The first kappa shape index (κ1) is 11.4. The number of nitrogens with zero attached hydrogens (tertiary/aromatic N) is 1. The van der Waals surface area contributed by atoms with Crippen LogP contribution in [0.15, 0.2) is 36.5 Å². The molecule has 0 saturated carbocycles. The third-order valence-corrected chi connectivity index (χ3v) is 3.23. The molecule has 1 atom stereocenters. The number of benzene rings is 1. The van der Waals surface area contributed by atoms with Crippen molar-refractivity contribution in [3.05, 3.63) is 53.3 Å². The van der Waals surface area contributed by atoms with Gasteiger partial charge in [-0.25, -0.2) is 0 Å². The number of aromatic amines is 1. The molecule has 18 heavy (non-hydrogen) atoms. The summed E-state index contributed by atoms with van der Waals surface area (Å²) in [6, 6.07) is 10.6. The molecule has 0 bridgehead atoms. The molecule has 2 aromatic rings. The average Bonchev–Trinajstić information content (AvgIpc) is 2.94. The third kappa shape index (κ3) is 2.60. The molecule has 1 aromatic heterocycles. The fourth-order valence-corrected chi connectivity index (χ4v) is 2.23. The van der Waals surface area contributed by atoms with E-state index in [1.54, 1.807) is 6.20 Å². The highest BCUT2D eigenvalue weighted by Crippen LogP contribution is 2.19. The van der Waals surface area contributed by atoms with Gasteiger partial charge in [0.2, 0.25) is 0 Å². The fraction of sp³-hybridized carbons (Fsp3) is 0.357. The van der Waals surface area contributed by atoms with Crippen LogP contribution in [0.25, 0.3) is 0 Å². The van der Waals surface area contributed by atoms with Crippen LogP contribution < -0.4 is 5.32 Å². The topological polar surface area (TPSA) is 49.9 Å². The number of ether oxygens (including phenoxy) is 1. The predicted molar refractivity (Wildman–Crippen MR) is 69.4 cm³/mol. The maximum Gasteiger partial charge on any atom is 0.0949 e. The van der Waals surface area contributed by atoms with Gasteiger partial charge in [0.05, 0.1) is 12.7 Å². The van der Waals surface area contributed by atoms with Gasteiger partial charge < -0.3 is 10.1 Å². The van der Waals surface area contributed by atoms with Gasteiger partial charge in [0.25, 0.3) is 0 Å². The number of hydrogen-bond donors (Lipinski definition) is 2. The van der Waals surface area contributed by atoms with Gasteiger partial charge in [0.15, 0.2) is 0 Å². The van der Waals surface area contributed by atoms with Gasteiger partial charge in [0.1, 0.15) is 0 Å². The zero-order valence-corrected chi connectivity index (χ0v) is 10.2. The van der Waals surface area contributed by atoms with E-state index in [0.29, 0.717) is 0 Å². The number of morpholine rings is 1. The van der Waals surface area contributed by atoms with E-state index in [2.05, 4.69) is 39.8 Å². The molecule has 1 aliphatic rings. The highest BCUT2D eigenvalue weighted by Gasteiger charge is 2.15. The predicted octanol–water partition coefficient (Wildman–Crippen LogP) is 1.66. The maximum absolute atomic E-state index is 5.73. The molecule has 1 aliphatic heterocycles. The van der Waals surface area contributed by atoms with Crippen molar-refractivity contribution in [3.8, 4) is 0 Å². The van der Waals surface area contributed by atoms with Crippen molar-refractivity contribution in [2.45, 2.75) is 12.5 Å². The Morgan fingerprint density at radius 3 is 2.78 bits per heavy atom. The van der Waals surface area contributed by atoms with Crippen LogP contribution >= 0.6 is 0 Å². The smallest absolute Gasteiger partial charge is 0.0949 e. The van der Waals surface area contributed by atoms with Crippen LogP contribution in [0.4, 0.5) is 0 Å². The second-order valence-corrected chi connectivity index (χ2v) is 4.56. The van der Waals surface area contributed by atoms with Crippen molar-refractivity contribution < 1.29 is 4.74 Å². The van der Waals surface area contributed by atoms with Gasteiger partial charge >= 0.3 is 0 Å². The molecule has 2 heterocycles. The average molecular weight is 243 g/mol. The lowest BCUT2D eigenvalue weighted by Crippen LogP contribution is -2.33. The number of hydrogen-bond acceptors (Lipinski definition) is 3. The molecule has 1 saturated heterocycles. The summed E-state index contributed by atoms with van der Waals surface area (Å²) in [6.07, 6.45) is 2.87. The van der Waals surface area contributed by atoms with E-state index in [1.807, 2.05) is 6.07 Å². The normalized spacial score (nSPS) is 19.9. The van der Waals surface area contributed by atoms with E-state index in [1.165, 1.54) is 11.1 Å². The summed E-state index contributed by atoms with van der Waals surface area (Å²) in [5.41, 5.74) is 3.67. The first-order valence-corrected chi connectivity index (χ1v) is 6.31. The quantitative estimate of drug-likeness (QED) is 0.862. The Morgan fingerprint density at radius 1 is 1.22 bits per heavy atom. The summed E-state index contributed by atoms with van der Waals surface area (Å²) in [6.45, 7) is 2.65. The molecule has 1 fully saturated rings. The zero-order valence-electron chi connectivity index (χ0n) is 10.2. The summed E-state index contributed by atoms with van der Waals surface area (Å²) < 4.78 is 5.73. The van der Waals surface area contributed by atoms with Crippen molar-refractivity contribution in [1.82, 2.24) is 15.5 Å². The number of aromatic nitrogens is 2. The Balaban J connectivity index is 1.68. The maximum atomic E-state index is 5.73. The lowest BCUT2D eigenvalue weighted by Gasteiger charge is -2.24. The van der Waals surface area contributed by atoms with Gasteiger partial charge in [-0.1, -0.05) is 24.3 Å². The van der Waals surface area contributed by atoms with Gasteiger partial charge in [-0.3, -0.25) is 5.10 Å². The van der Waals surface area contributed by atoms with E-state index in [0.717, 1.165) is 31.8 Å². The number of nitrogens with one attached hydrogen (secondary N) is 2. The van der Waals surface area contributed by atoms with Gasteiger partial charge in [0, 0.05) is 31.4 Å². The van der Waals surface area contributed by atoms with Crippen LogP contribution in [-0.2, 0) is 11.2 Å². The summed E-state index contributed by atoms with van der Waals surface area (Å²) in [5.74, 6) is 0. The van der Waals surface area contributed by atoms with Crippen molar-refractivity contribution in [3.63, 3.8) is 0 Å². The van der Waals surface area contributed by atoms with Crippen molar-refractivity contribution in [2.24, 2.45) is 0 Å². The Labute approximate surface area is 106 Å². The molecule has 0 radical (unpaired) electrons. The Bertz CT molecular complexity index is 472. The molecule has 0 amide bonds. The minimum atomic E-state index is 0.194. The summed E-state index contributed by atoms with van der Waals surface area (Å²) >= 11 is 0. The Kier molecular flexibility index (Phi) is 3.39. The van der Waals surface area contributed by atoms with E-state index >= 15 is 0 Å². The van der Waals surface area contributed by atoms with E-state index in [9.17, 15) is 0 Å². The van der Waals surface area contributed by atoms with Gasteiger partial charge in [-0.15, -0.1) is 0 Å². The van der Waals surface area contributed by atoms with Crippen LogP contribution in [0.2, 0.25) is 0 Å². The summed E-state index contributed by atoms with van der Waals surface area (Å²) in [7, 11) is 0. The second-order valence-electron chi connectivity index (χ2n) is 4.56. The lowest BCUT2D eigenvalue weighted by atomic mass is 10.0.